The highest BCUT2D eigenvalue weighted by atomic mass is 32.2. The number of nitrogens with zero attached hydrogens (tertiary/aromatic N) is 2. The number of halogens is 2. The maximum Gasteiger partial charge on any atom is 0.140 e. The highest BCUT2D eigenvalue weighted by molar-refractivity contribution is 8.15. The third-order valence-electron chi connectivity index (χ3n) is 4.15. The Hall–Kier alpha value is -2.08. The average molecular weight is 332 g/mol. The number of hydrogen-bond acceptors (Lipinski definition) is 4. The second kappa shape index (κ2) is 5.23. The van der Waals surface area contributed by atoms with E-state index in [1.807, 2.05) is 36.3 Å². The van der Waals surface area contributed by atoms with Gasteiger partial charge >= 0.3 is 0 Å². The summed E-state index contributed by atoms with van der Waals surface area (Å²) in [5.74, 6) is -0.362. The Labute approximate surface area is 136 Å². The van der Waals surface area contributed by atoms with Crippen LogP contribution in [0.25, 0.3) is 0 Å². The lowest BCUT2D eigenvalue weighted by Crippen LogP contribution is -2.39. The van der Waals surface area contributed by atoms with Gasteiger partial charge in [0.05, 0.1) is 6.61 Å². The Morgan fingerprint density at radius 2 is 1.91 bits per heavy atom. The van der Waals surface area contributed by atoms with Gasteiger partial charge in [-0.2, -0.15) is 5.10 Å². The van der Waals surface area contributed by atoms with E-state index in [0.717, 1.165) is 23.8 Å². The molecule has 0 aromatic heterocycles. The van der Waals surface area contributed by atoms with Gasteiger partial charge < -0.3 is 4.74 Å². The topological polar surface area (TPSA) is 24.8 Å². The third-order valence-corrected chi connectivity index (χ3v) is 5.68. The van der Waals surface area contributed by atoms with Crippen LogP contribution < -0.4 is 4.74 Å². The summed E-state index contributed by atoms with van der Waals surface area (Å²) in [6.45, 7) is 0.578. The van der Waals surface area contributed by atoms with Gasteiger partial charge in [0.15, 0.2) is 0 Å². The van der Waals surface area contributed by atoms with Gasteiger partial charge in [-0.3, -0.25) is 5.01 Å². The predicted octanol–water partition coefficient (Wildman–Crippen LogP) is 3.94. The van der Waals surface area contributed by atoms with Crippen molar-refractivity contribution in [2.75, 3.05) is 13.7 Å². The first-order valence-corrected chi connectivity index (χ1v) is 8.10. The zero-order valence-electron chi connectivity index (χ0n) is 12.4. The van der Waals surface area contributed by atoms with E-state index in [0.29, 0.717) is 17.2 Å². The van der Waals surface area contributed by atoms with Crippen LogP contribution >= 0.6 is 11.8 Å². The van der Waals surface area contributed by atoms with Crippen LogP contribution in [0.5, 0.6) is 5.75 Å². The molecule has 3 nitrogen and oxygen atoms in total. The van der Waals surface area contributed by atoms with E-state index in [4.69, 9.17) is 4.74 Å². The summed E-state index contributed by atoms with van der Waals surface area (Å²) in [5.41, 5.74) is 1.49. The second-order valence-electron chi connectivity index (χ2n) is 5.57. The molecule has 2 aliphatic rings. The number of thioether (sulfide) groups is 1. The first-order valence-electron chi connectivity index (χ1n) is 7.29. The fraction of sp³-hybridized carbons (Fsp3) is 0.235. The number of fused-ring (bicyclic) bond motifs is 2. The zero-order chi connectivity index (χ0) is 16.0. The largest absolute Gasteiger partial charge is 0.493 e. The smallest absolute Gasteiger partial charge is 0.140 e. The molecule has 0 aliphatic carbocycles. The molecule has 0 amide bonds. The van der Waals surface area contributed by atoms with Crippen LogP contribution in [-0.2, 0) is 4.87 Å². The number of benzene rings is 2. The molecule has 6 heteroatoms. The molecular formula is C17H14F2N2OS. The quantitative estimate of drug-likeness (QED) is 0.791. The van der Waals surface area contributed by atoms with Gasteiger partial charge in [-0.1, -0.05) is 30.0 Å². The van der Waals surface area contributed by atoms with Crippen molar-refractivity contribution in [1.82, 2.24) is 5.01 Å². The average Bonchev–Trinajstić information content (AvgIpc) is 2.85. The number of rotatable bonds is 1. The third kappa shape index (κ3) is 2.28. The number of hydrazone groups is 1. The number of ether oxygens (including phenoxy) is 1. The minimum absolute atomic E-state index is 0.396. The molecule has 118 valence electrons. The lowest BCUT2D eigenvalue weighted by molar-refractivity contribution is 0.150. The van der Waals surface area contributed by atoms with Crippen LogP contribution in [0.3, 0.4) is 0 Å². The highest BCUT2D eigenvalue weighted by Gasteiger charge is 2.47. The van der Waals surface area contributed by atoms with Gasteiger partial charge in [-0.25, -0.2) is 8.78 Å². The molecule has 2 aromatic carbocycles. The van der Waals surface area contributed by atoms with Crippen LogP contribution in [0.15, 0.2) is 47.6 Å². The molecule has 23 heavy (non-hydrogen) atoms. The summed E-state index contributed by atoms with van der Waals surface area (Å²) >= 11 is 1.52. The molecule has 1 atom stereocenters. The van der Waals surface area contributed by atoms with Gasteiger partial charge in [0.25, 0.3) is 0 Å². The summed E-state index contributed by atoms with van der Waals surface area (Å²) in [4.78, 5) is -0.396. The maximum absolute atomic E-state index is 13.5. The first-order chi connectivity index (χ1) is 11.1. The lowest BCUT2D eigenvalue weighted by Gasteiger charge is -2.39. The van der Waals surface area contributed by atoms with Crippen LogP contribution in [-0.4, -0.2) is 23.7 Å². The van der Waals surface area contributed by atoms with Crippen molar-refractivity contribution in [2.24, 2.45) is 5.10 Å². The normalized spacial score (nSPS) is 22.7. The Morgan fingerprint density at radius 3 is 2.70 bits per heavy atom. The van der Waals surface area contributed by atoms with Gasteiger partial charge in [-0.15, -0.1) is 0 Å². The second-order valence-corrected chi connectivity index (χ2v) is 6.83. The first kappa shape index (κ1) is 14.5. The molecule has 2 heterocycles. The Balaban J connectivity index is 1.76. The molecule has 0 fully saturated rings. The summed E-state index contributed by atoms with van der Waals surface area (Å²) < 4.78 is 32.8. The molecule has 4 rings (SSSR count). The lowest BCUT2D eigenvalue weighted by atomic mass is 9.99. The summed E-state index contributed by atoms with van der Waals surface area (Å²) in [6.07, 6.45) is 0.746. The van der Waals surface area contributed by atoms with Crippen molar-refractivity contribution in [3.05, 3.63) is 65.2 Å². The van der Waals surface area contributed by atoms with E-state index in [1.165, 1.54) is 23.9 Å². The van der Waals surface area contributed by atoms with Gasteiger partial charge in [0, 0.05) is 30.7 Å². The predicted molar refractivity (Wildman–Crippen MR) is 86.5 cm³/mol. The van der Waals surface area contributed by atoms with Gasteiger partial charge in [-0.05, 0) is 18.2 Å². The SMILES string of the molecule is CN1N=C(c2cc(F)cc(F)c2)SC12CCOc1ccccc12. The minimum Gasteiger partial charge on any atom is -0.493 e. The molecule has 2 aromatic rings. The molecular weight excluding hydrogens is 318 g/mol. The standard InChI is InChI=1S/C17H14F2N2OS/c1-21-17(6-7-22-15-5-3-2-4-14(15)17)23-16(20-21)11-8-12(18)10-13(19)9-11/h2-5,8-10H,6-7H2,1H3. The Morgan fingerprint density at radius 1 is 1.17 bits per heavy atom. The minimum atomic E-state index is -0.598. The Kier molecular flexibility index (Phi) is 3.30. The highest BCUT2D eigenvalue weighted by Crippen LogP contribution is 2.53. The van der Waals surface area contributed by atoms with Crippen LogP contribution in [0.1, 0.15) is 17.5 Å². The van der Waals surface area contributed by atoms with E-state index in [-0.39, 0.29) is 0 Å². The molecule has 0 radical (unpaired) electrons. The van der Waals surface area contributed by atoms with Crippen molar-refractivity contribution in [3.63, 3.8) is 0 Å². The van der Waals surface area contributed by atoms with Crippen LogP contribution in [0.2, 0.25) is 0 Å². The van der Waals surface area contributed by atoms with E-state index in [9.17, 15) is 8.78 Å². The maximum atomic E-state index is 13.5. The Bertz CT molecular complexity index is 791. The summed E-state index contributed by atoms with van der Waals surface area (Å²) in [5, 5.41) is 7.03. The molecule has 2 aliphatic heterocycles. The number of hydrogen-bond donors (Lipinski definition) is 0. The summed E-state index contributed by atoms with van der Waals surface area (Å²) in [7, 11) is 1.89. The van der Waals surface area contributed by atoms with Crippen LogP contribution in [0.4, 0.5) is 8.78 Å². The zero-order valence-corrected chi connectivity index (χ0v) is 13.2. The van der Waals surface area contributed by atoms with E-state index < -0.39 is 16.5 Å². The molecule has 0 bridgehead atoms. The van der Waals surface area contributed by atoms with Gasteiger partial charge in [0.1, 0.15) is 27.3 Å². The van der Waals surface area contributed by atoms with Crippen molar-refractivity contribution in [1.29, 1.82) is 0 Å². The van der Waals surface area contributed by atoms with Crippen molar-refractivity contribution in [2.45, 2.75) is 11.3 Å². The van der Waals surface area contributed by atoms with E-state index in [2.05, 4.69) is 5.10 Å². The van der Waals surface area contributed by atoms with Crippen LogP contribution in [0, 0.1) is 11.6 Å². The molecule has 0 saturated heterocycles. The monoisotopic (exact) mass is 332 g/mol. The molecule has 0 saturated carbocycles. The molecule has 1 spiro atoms. The van der Waals surface area contributed by atoms with E-state index >= 15 is 0 Å². The number of para-hydroxylation sites is 1. The van der Waals surface area contributed by atoms with Crippen molar-refractivity contribution in [3.8, 4) is 5.75 Å². The molecule has 0 N–H and O–H groups in total. The molecule has 1 unspecified atom stereocenters. The summed E-state index contributed by atoms with van der Waals surface area (Å²) in [6, 6.07) is 11.3. The van der Waals surface area contributed by atoms with Crippen molar-refractivity contribution >= 4 is 16.8 Å². The fourth-order valence-corrected chi connectivity index (χ4v) is 4.40. The van der Waals surface area contributed by atoms with Gasteiger partial charge in [0.2, 0.25) is 0 Å². The van der Waals surface area contributed by atoms with Crippen molar-refractivity contribution < 1.29 is 13.5 Å². The fourth-order valence-electron chi connectivity index (χ4n) is 3.05. The van der Waals surface area contributed by atoms with E-state index in [1.54, 1.807) is 0 Å².